The van der Waals surface area contributed by atoms with E-state index in [1.807, 2.05) is 40.3 Å². The standard InChI is InChI=1S/C17H10BrN5OS/c18-10-3-4-12-11(6-10)17-19-8-21-23(17)7-13-15(20-9-22(12)13)16(24)14-2-1-5-25-14/h1-6,8-9H,7H2. The van der Waals surface area contributed by atoms with Gasteiger partial charge in [0.25, 0.3) is 0 Å². The van der Waals surface area contributed by atoms with E-state index in [-0.39, 0.29) is 5.78 Å². The van der Waals surface area contributed by atoms with Crippen LogP contribution in [0.5, 0.6) is 0 Å². The van der Waals surface area contributed by atoms with E-state index in [4.69, 9.17) is 0 Å². The zero-order valence-corrected chi connectivity index (χ0v) is 15.2. The van der Waals surface area contributed by atoms with Gasteiger partial charge in [0.15, 0.2) is 5.82 Å². The number of carbonyl (C=O) groups excluding carboxylic acids is 1. The second-order valence-corrected chi connectivity index (χ2v) is 7.48. The van der Waals surface area contributed by atoms with Crippen LogP contribution < -0.4 is 0 Å². The first-order valence-electron chi connectivity index (χ1n) is 7.55. The predicted octanol–water partition coefficient (Wildman–Crippen LogP) is 3.55. The number of aromatic nitrogens is 5. The molecule has 1 aliphatic heterocycles. The average molecular weight is 412 g/mol. The van der Waals surface area contributed by atoms with Gasteiger partial charge in [-0.25, -0.2) is 14.6 Å². The summed E-state index contributed by atoms with van der Waals surface area (Å²) in [5.41, 5.74) is 3.15. The van der Waals surface area contributed by atoms with E-state index in [9.17, 15) is 4.79 Å². The molecular formula is C17H10BrN5OS. The molecule has 0 bridgehead atoms. The lowest BCUT2D eigenvalue weighted by molar-refractivity contribution is 0.103. The molecular weight excluding hydrogens is 402 g/mol. The lowest BCUT2D eigenvalue weighted by atomic mass is 10.1. The number of hydrogen-bond donors (Lipinski definition) is 0. The molecule has 122 valence electrons. The smallest absolute Gasteiger partial charge is 0.223 e. The van der Waals surface area contributed by atoms with Crippen molar-refractivity contribution in [2.45, 2.75) is 6.54 Å². The SMILES string of the molecule is O=C(c1cccs1)c1ncn2c1Cn1ncnc1-c1cc(Br)ccc1-2. The number of thiophene rings is 1. The zero-order valence-electron chi connectivity index (χ0n) is 12.8. The van der Waals surface area contributed by atoms with Gasteiger partial charge in [-0.2, -0.15) is 5.10 Å². The number of halogens is 1. The first-order valence-corrected chi connectivity index (χ1v) is 9.22. The Labute approximate surface area is 154 Å². The normalized spacial score (nSPS) is 12.2. The molecule has 0 aliphatic carbocycles. The molecule has 0 fully saturated rings. The van der Waals surface area contributed by atoms with Crippen molar-refractivity contribution in [1.82, 2.24) is 24.3 Å². The lowest BCUT2D eigenvalue weighted by Crippen LogP contribution is -2.10. The molecule has 3 aromatic heterocycles. The molecule has 0 radical (unpaired) electrons. The molecule has 0 saturated carbocycles. The fourth-order valence-electron chi connectivity index (χ4n) is 3.07. The van der Waals surface area contributed by atoms with E-state index >= 15 is 0 Å². The molecule has 0 saturated heterocycles. The Bertz CT molecular complexity index is 1110. The summed E-state index contributed by atoms with van der Waals surface area (Å²) >= 11 is 4.94. The maximum absolute atomic E-state index is 12.9. The van der Waals surface area contributed by atoms with E-state index < -0.39 is 0 Å². The number of fused-ring (bicyclic) bond motifs is 5. The van der Waals surface area contributed by atoms with Crippen molar-refractivity contribution < 1.29 is 4.79 Å². The Kier molecular flexibility index (Phi) is 3.22. The molecule has 5 rings (SSSR count). The minimum Gasteiger partial charge on any atom is -0.300 e. The molecule has 6 nitrogen and oxygen atoms in total. The van der Waals surface area contributed by atoms with Crippen molar-refractivity contribution in [3.63, 3.8) is 0 Å². The van der Waals surface area contributed by atoms with E-state index in [0.717, 1.165) is 27.2 Å². The summed E-state index contributed by atoms with van der Waals surface area (Å²) < 4.78 is 4.72. The molecule has 0 N–H and O–H groups in total. The maximum atomic E-state index is 12.9. The summed E-state index contributed by atoms with van der Waals surface area (Å²) in [5, 5.41) is 6.22. The van der Waals surface area contributed by atoms with Crippen LogP contribution in [0.3, 0.4) is 0 Å². The predicted molar refractivity (Wildman–Crippen MR) is 97.1 cm³/mol. The minimum atomic E-state index is -0.0639. The molecule has 1 aliphatic rings. The van der Waals surface area contributed by atoms with Crippen molar-refractivity contribution in [3.05, 3.63) is 69.1 Å². The highest BCUT2D eigenvalue weighted by molar-refractivity contribution is 9.10. The number of hydrogen-bond acceptors (Lipinski definition) is 5. The van der Waals surface area contributed by atoms with Gasteiger partial charge in [0.05, 0.1) is 22.8 Å². The molecule has 0 unspecified atom stereocenters. The summed E-state index contributed by atoms with van der Waals surface area (Å²) in [4.78, 5) is 22.4. The number of carbonyl (C=O) groups is 1. The maximum Gasteiger partial charge on any atom is 0.223 e. The van der Waals surface area contributed by atoms with Crippen molar-refractivity contribution in [2.24, 2.45) is 0 Å². The van der Waals surface area contributed by atoms with E-state index in [1.54, 1.807) is 11.0 Å². The topological polar surface area (TPSA) is 65.6 Å². The lowest BCUT2D eigenvalue weighted by Gasteiger charge is -2.08. The second kappa shape index (κ2) is 5.47. The third-order valence-electron chi connectivity index (χ3n) is 4.20. The van der Waals surface area contributed by atoms with E-state index in [0.29, 0.717) is 17.1 Å². The monoisotopic (exact) mass is 411 g/mol. The van der Waals surface area contributed by atoms with Crippen LogP contribution in [0, 0.1) is 0 Å². The summed E-state index contributed by atoms with van der Waals surface area (Å²) in [5.74, 6) is 0.709. The van der Waals surface area contributed by atoms with Gasteiger partial charge < -0.3 is 0 Å². The van der Waals surface area contributed by atoms with E-state index in [2.05, 4.69) is 31.0 Å². The van der Waals surface area contributed by atoms with Crippen molar-refractivity contribution in [2.75, 3.05) is 0 Å². The zero-order chi connectivity index (χ0) is 17.0. The molecule has 0 spiro atoms. The van der Waals surface area contributed by atoms with Crippen molar-refractivity contribution in [3.8, 4) is 17.1 Å². The fourth-order valence-corrected chi connectivity index (χ4v) is 4.10. The summed E-state index contributed by atoms with van der Waals surface area (Å²) in [6.45, 7) is 0.439. The second-order valence-electron chi connectivity index (χ2n) is 5.62. The van der Waals surface area contributed by atoms with Crippen LogP contribution in [0.2, 0.25) is 0 Å². The van der Waals surface area contributed by atoms with Gasteiger partial charge in [-0.15, -0.1) is 11.3 Å². The Morgan fingerprint density at radius 2 is 2.16 bits per heavy atom. The Hall–Kier alpha value is -2.58. The molecule has 25 heavy (non-hydrogen) atoms. The van der Waals surface area contributed by atoms with E-state index in [1.165, 1.54) is 17.7 Å². The fraction of sp³-hybridized carbons (Fsp3) is 0.0588. The number of imidazole rings is 1. The van der Waals surface area contributed by atoms with Crippen LogP contribution in [0.1, 0.15) is 21.1 Å². The first-order chi connectivity index (χ1) is 12.2. The highest BCUT2D eigenvalue weighted by Gasteiger charge is 2.27. The summed E-state index contributed by atoms with van der Waals surface area (Å²) in [6, 6.07) is 9.66. The number of nitrogens with zero attached hydrogens (tertiary/aromatic N) is 5. The van der Waals surface area contributed by atoms with Crippen molar-refractivity contribution >= 4 is 33.0 Å². The number of ketones is 1. The molecule has 8 heteroatoms. The molecule has 0 amide bonds. The van der Waals surface area contributed by atoms with Crippen LogP contribution in [-0.4, -0.2) is 30.1 Å². The van der Waals surface area contributed by atoms with Gasteiger partial charge in [-0.1, -0.05) is 22.0 Å². The Balaban J connectivity index is 1.76. The third kappa shape index (κ3) is 2.21. The van der Waals surface area contributed by atoms with Crippen LogP contribution in [0.4, 0.5) is 0 Å². The first kappa shape index (κ1) is 14.7. The summed E-state index contributed by atoms with van der Waals surface area (Å²) in [7, 11) is 0. The minimum absolute atomic E-state index is 0.0639. The molecule has 4 heterocycles. The Morgan fingerprint density at radius 1 is 1.24 bits per heavy atom. The largest absolute Gasteiger partial charge is 0.300 e. The van der Waals surface area contributed by atoms with Gasteiger partial charge >= 0.3 is 0 Å². The van der Waals surface area contributed by atoms with Gasteiger partial charge in [0.2, 0.25) is 5.78 Å². The third-order valence-corrected chi connectivity index (χ3v) is 5.56. The van der Waals surface area contributed by atoms with Gasteiger partial charge in [0, 0.05) is 10.0 Å². The Morgan fingerprint density at radius 3 is 3.00 bits per heavy atom. The summed E-state index contributed by atoms with van der Waals surface area (Å²) in [6.07, 6.45) is 3.24. The molecule has 4 aromatic rings. The van der Waals surface area contributed by atoms with Crippen LogP contribution in [-0.2, 0) is 6.54 Å². The average Bonchev–Trinajstić information content (AvgIpc) is 3.34. The van der Waals surface area contributed by atoms with Crippen molar-refractivity contribution in [1.29, 1.82) is 0 Å². The van der Waals surface area contributed by atoms with Crippen LogP contribution in [0.25, 0.3) is 17.1 Å². The molecule has 0 atom stereocenters. The van der Waals surface area contributed by atoms with Gasteiger partial charge in [0.1, 0.15) is 18.3 Å². The van der Waals surface area contributed by atoms with Gasteiger partial charge in [-0.3, -0.25) is 9.36 Å². The molecule has 1 aromatic carbocycles. The number of benzene rings is 1. The highest BCUT2D eigenvalue weighted by Crippen LogP contribution is 2.33. The van der Waals surface area contributed by atoms with Crippen LogP contribution in [0.15, 0.2) is 52.8 Å². The number of rotatable bonds is 2. The highest BCUT2D eigenvalue weighted by atomic mass is 79.9. The van der Waals surface area contributed by atoms with Crippen LogP contribution >= 0.6 is 27.3 Å². The quantitative estimate of drug-likeness (QED) is 0.416. The van der Waals surface area contributed by atoms with Gasteiger partial charge in [-0.05, 0) is 29.6 Å².